The molecule has 0 aromatic heterocycles. The number of hydrogen-bond acceptors (Lipinski definition) is 13. The average Bonchev–Trinajstić information content (AvgIpc) is 3.97. The number of nitrogens with zero attached hydrogens (tertiary/aromatic N) is 12. The van der Waals surface area contributed by atoms with Gasteiger partial charge in [0.25, 0.3) is 17.7 Å². The summed E-state index contributed by atoms with van der Waals surface area (Å²) in [5, 5.41) is 3.22. The van der Waals surface area contributed by atoms with Gasteiger partial charge in [0.05, 0.1) is 0 Å². The van der Waals surface area contributed by atoms with Gasteiger partial charge in [0.2, 0.25) is 22.5 Å². The van der Waals surface area contributed by atoms with Crippen LogP contribution in [0.15, 0.2) is 27.1 Å². The number of hydrogen-bond donors (Lipinski definition) is 1. The number of halogens is 6. The maximum atomic E-state index is 6.28. The van der Waals surface area contributed by atoms with Crippen molar-refractivity contribution in [2.45, 2.75) is 89.9 Å². The van der Waals surface area contributed by atoms with Crippen molar-refractivity contribution in [3.63, 3.8) is 0 Å². The molecule has 7 saturated heterocycles. The van der Waals surface area contributed by atoms with E-state index in [9.17, 15) is 0 Å². The molecule has 9 rings (SSSR count). The Morgan fingerprint density at radius 1 is 0.283 bits per heavy atom. The Balaban J connectivity index is 0.000000211. The first kappa shape index (κ1) is 43.9. The molecule has 0 amide bonds. The molecule has 0 spiro atoms. The summed E-state index contributed by atoms with van der Waals surface area (Å²) in [5.41, 5.74) is 0. The average molecular weight is 974 g/mol. The molecule has 9 aliphatic rings. The molecule has 0 aromatic rings. The van der Waals surface area contributed by atoms with Crippen LogP contribution in [0.25, 0.3) is 0 Å². The molecule has 25 heteroatoms. The minimum Gasteiger partial charge on any atom is -0.317 e. The fourth-order valence-electron chi connectivity index (χ4n) is 8.63. The maximum Gasteiger partial charge on any atom is 0.257 e. The summed E-state index contributed by atoms with van der Waals surface area (Å²) in [6.45, 7) is 16.8. The molecule has 0 aliphatic carbocycles. The topological polar surface area (TPSA) is 106 Å². The third-order valence-electron chi connectivity index (χ3n) is 11.1. The first-order valence-electron chi connectivity index (χ1n) is 19.6. The molecule has 0 radical (unpaired) electrons. The largest absolute Gasteiger partial charge is 0.317 e. The van der Waals surface area contributed by atoms with Crippen LogP contribution in [0, 0.1) is 0 Å². The highest BCUT2D eigenvalue weighted by Crippen LogP contribution is 2.88. The SMILES string of the molecule is C1CCN(P2(N3CCCC3)=NP(N3CCCC3)(N3CCCC3)=NP(N3CCCC3)(N3CCCC3)=N2)C1.C1CCNC1.ClP1(Cl)=NP(Cl)(Cl)=NP(Cl)(Cl)=N1. The van der Waals surface area contributed by atoms with Gasteiger partial charge in [-0.15, -0.1) is 0 Å². The van der Waals surface area contributed by atoms with Gasteiger partial charge in [0.15, 0.2) is 0 Å². The van der Waals surface area contributed by atoms with Crippen LogP contribution < -0.4 is 5.32 Å². The zero-order valence-corrected chi connectivity index (χ0v) is 40.5. The lowest BCUT2D eigenvalue weighted by Crippen LogP contribution is -2.35. The molecule has 306 valence electrons. The summed E-state index contributed by atoms with van der Waals surface area (Å²) in [6, 6.07) is 0. The lowest BCUT2D eigenvalue weighted by molar-refractivity contribution is 0.437. The molecule has 0 atom stereocenters. The molecular formula is C28H57Cl6N13P6. The smallest absolute Gasteiger partial charge is 0.257 e. The van der Waals surface area contributed by atoms with Crippen molar-refractivity contribution in [2.75, 3.05) is 91.6 Å². The third-order valence-corrected chi connectivity index (χ3v) is 36.3. The van der Waals surface area contributed by atoms with Gasteiger partial charge < -0.3 is 5.32 Å². The highest BCUT2D eigenvalue weighted by atomic mass is 35.9. The van der Waals surface area contributed by atoms with Crippen molar-refractivity contribution in [3.05, 3.63) is 0 Å². The number of nitrogens with one attached hydrogen (secondary N) is 1. The Morgan fingerprint density at radius 3 is 0.623 bits per heavy atom. The first-order valence-corrected chi connectivity index (χ1v) is 34.9. The summed E-state index contributed by atoms with van der Waals surface area (Å²) in [4.78, 5) is 0. The molecule has 7 fully saturated rings. The van der Waals surface area contributed by atoms with E-state index >= 15 is 0 Å². The minimum atomic E-state index is -2.91. The van der Waals surface area contributed by atoms with Gasteiger partial charge >= 0.3 is 0 Å². The summed E-state index contributed by atoms with van der Waals surface area (Å²) in [5.74, 6) is -8.72. The fourth-order valence-corrected chi connectivity index (χ4v) is 44.1. The molecule has 0 saturated carbocycles. The highest BCUT2D eigenvalue weighted by molar-refractivity contribution is 8.26. The van der Waals surface area contributed by atoms with E-state index in [0.29, 0.717) is 0 Å². The first-order chi connectivity index (χ1) is 25.4. The predicted octanol–water partition coefficient (Wildman–Crippen LogP) is 14.1. The van der Waals surface area contributed by atoms with Gasteiger partial charge in [-0.05, 0) is 170 Å². The zero-order chi connectivity index (χ0) is 37.2. The summed E-state index contributed by atoms with van der Waals surface area (Å²) in [6.07, 6.45) is 18.6. The van der Waals surface area contributed by atoms with Crippen LogP contribution in [0.2, 0.25) is 0 Å². The summed E-state index contributed by atoms with van der Waals surface area (Å²) >= 11 is 33.9. The van der Waals surface area contributed by atoms with Crippen molar-refractivity contribution >= 4 is 108 Å². The van der Waals surface area contributed by atoms with Gasteiger partial charge in [-0.3, -0.25) is 0 Å². The fraction of sp³-hybridized carbons (Fsp3) is 1.00. The van der Waals surface area contributed by atoms with Crippen molar-refractivity contribution in [1.29, 1.82) is 0 Å². The van der Waals surface area contributed by atoms with Crippen molar-refractivity contribution in [1.82, 2.24) is 33.3 Å². The van der Waals surface area contributed by atoms with Crippen LogP contribution in [0.1, 0.15) is 89.9 Å². The van der Waals surface area contributed by atoms with Gasteiger partial charge in [0.1, 0.15) is 0 Å². The van der Waals surface area contributed by atoms with E-state index in [1.807, 2.05) is 0 Å². The Bertz CT molecular complexity index is 1340. The van der Waals surface area contributed by atoms with Crippen LogP contribution in [-0.4, -0.2) is 120 Å². The van der Waals surface area contributed by atoms with Crippen molar-refractivity contribution in [2.24, 2.45) is 27.1 Å². The third kappa shape index (κ3) is 10.3. The van der Waals surface area contributed by atoms with Crippen LogP contribution in [0.3, 0.4) is 0 Å². The number of rotatable bonds is 6. The Morgan fingerprint density at radius 2 is 0.472 bits per heavy atom. The van der Waals surface area contributed by atoms with Gasteiger partial charge in [0, 0.05) is 78.5 Å². The lowest BCUT2D eigenvalue weighted by atomic mass is 10.4. The molecular weight excluding hydrogens is 917 g/mol. The Kier molecular flexibility index (Phi) is 15.6. The molecule has 9 heterocycles. The minimum absolute atomic E-state index is 1.19. The standard InChI is InChI=1S/C24H48N9P3.C4H9N.Cl6N3P3/c1-2-14-28(13-1)34(29-15-3-4-16-29)25-35(30-17-5-6-18-30,31-19-7-8-20-31)27-36(26-34,32-21-9-10-22-32)33-23-11-12-24-33;1-2-4-5-3-1;1-10(2)7-11(3,4)9-12(5,6)8-10/h1-24H2;5H,1-4H2;. The molecule has 0 bridgehead atoms. The van der Waals surface area contributed by atoms with E-state index in [0.717, 1.165) is 0 Å². The summed E-state index contributed by atoms with van der Waals surface area (Å²) in [7, 11) is -6.55. The Labute approximate surface area is 347 Å². The second-order valence-corrected chi connectivity index (χ2v) is 38.6. The van der Waals surface area contributed by atoms with Gasteiger partial charge in [-0.1, -0.05) is 0 Å². The van der Waals surface area contributed by atoms with Crippen LogP contribution in [0.4, 0.5) is 0 Å². The summed E-state index contributed by atoms with van der Waals surface area (Å²) < 4.78 is 46.8. The molecule has 0 aromatic carbocycles. The molecule has 0 unspecified atom stereocenters. The normalized spacial score (nSPS) is 32.3. The van der Waals surface area contributed by atoms with E-state index in [4.69, 9.17) is 81.0 Å². The highest BCUT2D eigenvalue weighted by Gasteiger charge is 2.53. The van der Waals surface area contributed by atoms with Crippen LogP contribution in [0.5, 0.6) is 0 Å². The molecule has 1 N–H and O–H groups in total. The van der Waals surface area contributed by atoms with Gasteiger partial charge in [-0.25, -0.2) is 28.0 Å². The molecule has 13 nitrogen and oxygen atoms in total. The molecule has 53 heavy (non-hydrogen) atoms. The van der Waals surface area contributed by atoms with Crippen LogP contribution in [-0.2, 0) is 0 Å². The van der Waals surface area contributed by atoms with Gasteiger partial charge in [-0.2, -0.15) is 27.1 Å². The zero-order valence-electron chi connectivity index (χ0n) is 30.6. The van der Waals surface area contributed by atoms with Crippen molar-refractivity contribution < 1.29 is 0 Å². The second kappa shape index (κ2) is 18.8. The van der Waals surface area contributed by atoms with E-state index in [2.05, 4.69) is 46.9 Å². The van der Waals surface area contributed by atoms with E-state index in [1.165, 1.54) is 182 Å². The van der Waals surface area contributed by atoms with Crippen molar-refractivity contribution in [3.8, 4) is 0 Å². The predicted molar refractivity (Wildman–Crippen MR) is 238 cm³/mol. The monoisotopic (exact) mass is 971 g/mol. The van der Waals surface area contributed by atoms with E-state index < -0.39 is 40.3 Å². The van der Waals surface area contributed by atoms with Crippen LogP contribution >= 0.6 is 108 Å². The quantitative estimate of drug-likeness (QED) is 0.264. The van der Waals surface area contributed by atoms with E-state index in [-0.39, 0.29) is 0 Å². The second-order valence-electron chi connectivity index (χ2n) is 14.9. The lowest BCUT2D eigenvalue weighted by Gasteiger charge is -2.50. The van der Waals surface area contributed by atoms with E-state index in [1.54, 1.807) is 0 Å². The Hall–Kier alpha value is 2.84. The maximum absolute atomic E-state index is 6.28. The molecule has 9 aliphatic heterocycles.